The quantitative estimate of drug-likeness (QED) is 0.692. The molecule has 3 rings (SSSR count). The molecular weight excluding hydrogens is 299 g/mol. The van der Waals surface area contributed by atoms with E-state index in [1.165, 1.54) is 12.1 Å². The summed E-state index contributed by atoms with van der Waals surface area (Å²) in [5, 5.41) is 0. The minimum atomic E-state index is -0.338. The van der Waals surface area contributed by atoms with E-state index in [0.29, 0.717) is 28.2 Å². The molecule has 1 aromatic heterocycles. The Labute approximate surface area is 111 Å². The normalized spacial score (nSPS) is 11.0. The molecule has 0 bridgehead atoms. The van der Waals surface area contributed by atoms with Gasteiger partial charge in [0.05, 0.1) is 5.56 Å². The highest BCUT2D eigenvalue weighted by Gasteiger charge is 2.12. The zero-order valence-electron chi connectivity index (χ0n) is 9.15. The number of fused-ring (bicyclic) bond motifs is 1. The summed E-state index contributed by atoms with van der Waals surface area (Å²) in [6.45, 7) is 0. The Morgan fingerprint density at radius 3 is 2.83 bits per heavy atom. The third-order valence-electron chi connectivity index (χ3n) is 2.57. The Morgan fingerprint density at radius 2 is 2.00 bits per heavy atom. The first-order valence-corrected chi connectivity index (χ1v) is 6.04. The molecule has 0 radical (unpaired) electrons. The summed E-state index contributed by atoms with van der Waals surface area (Å²) in [4.78, 5) is 4.30. The lowest BCUT2D eigenvalue weighted by atomic mass is 10.2. The molecular formula is C13H8BrFN2O. The SMILES string of the molecule is Nc1ccc2oc(-c3cc(F)ccc3Br)nc2c1. The van der Waals surface area contributed by atoms with E-state index >= 15 is 0 Å². The van der Waals surface area contributed by atoms with Crippen molar-refractivity contribution in [3.05, 3.63) is 46.7 Å². The minimum Gasteiger partial charge on any atom is -0.436 e. The van der Waals surface area contributed by atoms with Crippen molar-refractivity contribution in [3.63, 3.8) is 0 Å². The minimum absolute atomic E-state index is 0.338. The van der Waals surface area contributed by atoms with Gasteiger partial charge in [0.25, 0.3) is 0 Å². The Morgan fingerprint density at radius 1 is 1.17 bits per heavy atom. The number of nitrogens with two attached hydrogens (primary N) is 1. The molecule has 1 heterocycles. The van der Waals surface area contributed by atoms with Gasteiger partial charge in [-0.3, -0.25) is 0 Å². The maximum Gasteiger partial charge on any atom is 0.228 e. The Balaban J connectivity index is 2.22. The van der Waals surface area contributed by atoms with Gasteiger partial charge >= 0.3 is 0 Å². The largest absolute Gasteiger partial charge is 0.436 e. The van der Waals surface area contributed by atoms with Crippen LogP contribution in [0.3, 0.4) is 0 Å². The van der Waals surface area contributed by atoms with Gasteiger partial charge in [0.1, 0.15) is 11.3 Å². The molecule has 3 aromatic rings. The predicted molar refractivity (Wildman–Crippen MR) is 71.5 cm³/mol. The zero-order chi connectivity index (χ0) is 12.7. The number of halogens is 2. The third kappa shape index (κ3) is 1.86. The molecule has 0 unspecified atom stereocenters. The fourth-order valence-electron chi connectivity index (χ4n) is 1.72. The molecule has 0 aliphatic heterocycles. The van der Waals surface area contributed by atoms with Crippen molar-refractivity contribution in [2.75, 3.05) is 5.73 Å². The number of oxazole rings is 1. The van der Waals surface area contributed by atoms with Crippen LogP contribution in [0.25, 0.3) is 22.6 Å². The molecule has 0 fully saturated rings. The van der Waals surface area contributed by atoms with Gasteiger partial charge in [0.15, 0.2) is 5.58 Å². The number of aromatic nitrogens is 1. The Hall–Kier alpha value is -1.88. The van der Waals surface area contributed by atoms with Crippen LogP contribution in [0.2, 0.25) is 0 Å². The highest BCUT2D eigenvalue weighted by Crippen LogP contribution is 2.31. The number of nitrogens with zero attached hydrogens (tertiary/aromatic N) is 1. The lowest BCUT2D eigenvalue weighted by Gasteiger charge is -1.98. The highest BCUT2D eigenvalue weighted by atomic mass is 79.9. The van der Waals surface area contributed by atoms with Crippen LogP contribution in [0.5, 0.6) is 0 Å². The second-order valence-corrected chi connectivity index (χ2v) is 4.72. The van der Waals surface area contributed by atoms with Gasteiger partial charge in [-0.15, -0.1) is 0 Å². The van der Waals surface area contributed by atoms with Gasteiger partial charge in [0, 0.05) is 10.2 Å². The van der Waals surface area contributed by atoms with E-state index in [-0.39, 0.29) is 5.82 Å². The lowest BCUT2D eigenvalue weighted by molar-refractivity contribution is 0.610. The van der Waals surface area contributed by atoms with Crippen molar-refractivity contribution < 1.29 is 8.81 Å². The lowest BCUT2D eigenvalue weighted by Crippen LogP contribution is -1.83. The molecule has 0 saturated carbocycles. The molecule has 0 spiro atoms. The Kier molecular flexibility index (Phi) is 2.56. The van der Waals surface area contributed by atoms with Crippen molar-refractivity contribution in [1.82, 2.24) is 4.98 Å². The van der Waals surface area contributed by atoms with Gasteiger partial charge < -0.3 is 10.2 Å². The molecule has 18 heavy (non-hydrogen) atoms. The van der Waals surface area contributed by atoms with Gasteiger partial charge in [-0.1, -0.05) is 0 Å². The first-order valence-electron chi connectivity index (χ1n) is 5.25. The average Bonchev–Trinajstić information content (AvgIpc) is 2.74. The fraction of sp³-hybridized carbons (Fsp3) is 0. The number of benzene rings is 2. The first-order chi connectivity index (χ1) is 8.63. The smallest absolute Gasteiger partial charge is 0.228 e. The second kappa shape index (κ2) is 4.10. The summed E-state index contributed by atoms with van der Waals surface area (Å²) in [5.74, 6) is 0.0249. The van der Waals surface area contributed by atoms with Crippen LogP contribution >= 0.6 is 15.9 Å². The third-order valence-corrected chi connectivity index (χ3v) is 3.26. The van der Waals surface area contributed by atoms with Gasteiger partial charge in [0.2, 0.25) is 5.89 Å². The van der Waals surface area contributed by atoms with Crippen LogP contribution in [-0.4, -0.2) is 4.98 Å². The summed E-state index contributed by atoms with van der Waals surface area (Å²) < 4.78 is 19.5. The van der Waals surface area contributed by atoms with E-state index in [2.05, 4.69) is 20.9 Å². The van der Waals surface area contributed by atoms with Crippen LogP contribution in [0.4, 0.5) is 10.1 Å². The summed E-state index contributed by atoms with van der Waals surface area (Å²) in [5.41, 5.74) is 8.14. The van der Waals surface area contributed by atoms with Crippen LogP contribution in [-0.2, 0) is 0 Å². The van der Waals surface area contributed by atoms with Crippen LogP contribution in [0, 0.1) is 5.82 Å². The van der Waals surface area contributed by atoms with Crippen LogP contribution in [0.15, 0.2) is 45.3 Å². The van der Waals surface area contributed by atoms with E-state index in [1.54, 1.807) is 24.3 Å². The van der Waals surface area contributed by atoms with Gasteiger partial charge in [-0.05, 0) is 52.3 Å². The van der Waals surface area contributed by atoms with E-state index in [4.69, 9.17) is 10.2 Å². The van der Waals surface area contributed by atoms with Gasteiger partial charge in [-0.25, -0.2) is 9.37 Å². The Bertz CT molecular complexity index is 739. The maximum atomic E-state index is 13.2. The van der Waals surface area contributed by atoms with E-state index < -0.39 is 0 Å². The summed E-state index contributed by atoms with van der Waals surface area (Å²) in [6.07, 6.45) is 0. The van der Waals surface area contributed by atoms with Gasteiger partial charge in [-0.2, -0.15) is 0 Å². The molecule has 0 aliphatic rings. The number of hydrogen-bond acceptors (Lipinski definition) is 3. The predicted octanol–water partition coefficient (Wildman–Crippen LogP) is 3.98. The topological polar surface area (TPSA) is 52.0 Å². The molecule has 2 N–H and O–H groups in total. The number of hydrogen-bond donors (Lipinski definition) is 1. The van der Waals surface area contributed by atoms with Crippen molar-refractivity contribution >= 4 is 32.7 Å². The molecule has 0 atom stereocenters. The van der Waals surface area contributed by atoms with Crippen LogP contribution < -0.4 is 5.73 Å². The summed E-state index contributed by atoms with van der Waals surface area (Å²) in [7, 11) is 0. The number of anilines is 1. The fourth-order valence-corrected chi connectivity index (χ4v) is 2.14. The molecule has 90 valence electrons. The first kappa shape index (κ1) is 11.2. The molecule has 5 heteroatoms. The molecule has 0 amide bonds. The maximum absolute atomic E-state index is 13.2. The monoisotopic (exact) mass is 306 g/mol. The number of rotatable bonds is 1. The van der Waals surface area contributed by atoms with E-state index in [9.17, 15) is 4.39 Å². The zero-order valence-corrected chi connectivity index (χ0v) is 10.7. The summed E-state index contributed by atoms with van der Waals surface area (Å²) >= 11 is 3.35. The van der Waals surface area contributed by atoms with Crippen molar-refractivity contribution in [2.45, 2.75) is 0 Å². The number of nitrogen functional groups attached to an aromatic ring is 1. The molecule has 3 nitrogen and oxygen atoms in total. The second-order valence-electron chi connectivity index (χ2n) is 3.87. The van der Waals surface area contributed by atoms with Crippen molar-refractivity contribution in [1.29, 1.82) is 0 Å². The average molecular weight is 307 g/mol. The van der Waals surface area contributed by atoms with Crippen LogP contribution in [0.1, 0.15) is 0 Å². The van der Waals surface area contributed by atoms with E-state index in [0.717, 1.165) is 4.47 Å². The standard InChI is InChI=1S/C13H8BrFN2O/c14-10-3-1-7(15)5-9(10)13-17-11-6-8(16)2-4-12(11)18-13/h1-6H,16H2. The molecule has 0 saturated heterocycles. The highest BCUT2D eigenvalue weighted by molar-refractivity contribution is 9.10. The summed E-state index contributed by atoms with van der Waals surface area (Å²) in [6, 6.07) is 9.56. The van der Waals surface area contributed by atoms with Crippen molar-refractivity contribution in [2.24, 2.45) is 0 Å². The molecule has 2 aromatic carbocycles. The van der Waals surface area contributed by atoms with E-state index in [1.807, 2.05) is 0 Å². The molecule has 0 aliphatic carbocycles. The van der Waals surface area contributed by atoms with Crippen molar-refractivity contribution in [3.8, 4) is 11.5 Å².